The van der Waals surface area contributed by atoms with Gasteiger partial charge in [0.25, 0.3) is 0 Å². The van der Waals surface area contributed by atoms with Gasteiger partial charge in [0.15, 0.2) is 9.79 Å². The van der Waals surface area contributed by atoms with Gasteiger partial charge in [0.1, 0.15) is 22.7 Å². The fraction of sp³-hybridized carbons (Fsp3) is 0.100. The quantitative estimate of drug-likeness (QED) is 0.469. The summed E-state index contributed by atoms with van der Waals surface area (Å²) in [6.07, 6.45) is 0. The molecule has 2 aromatic heterocycles. The summed E-state index contributed by atoms with van der Waals surface area (Å²) >= 11 is 0. The van der Waals surface area contributed by atoms with Crippen LogP contribution in [0.5, 0.6) is 11.5 Å². The molecule has 0 bridgehead atoms. The number of sulfone groups is 1. The molecule has 0 N–H and O–H groups in total. The first kappa shape index (κ1) is 18.8. The Morgan fingerprint density at radius 2 is 1.14 bits per heavy atom. The van der Waals surface area contributed by atoms with E-state index >= 15 is 0 Å². The standard InChI is InChI=1S/C20H14O8S/c1-25-13-5-3-7-15-11(13)9-17(19(21)27-15)29(23,24)18-10-12-14(26-2)6-4-8-16(12)28-20(18)22/h3-10H,1-2H3. The molecule has 0 saturated carbocycles. The molecule has 0 atom stereocenters. The Kier molecular flexibility index (Phi) is 4.39. The van der Waals surface area contributed by atoms with Crippen molar-refractivity contribution >= 4 is 31.8 Å². The van der Waals surface area contributed by atoms with Crippen LogP contribution in [0, 0.1) is 0 Å². The second-order valence-electron chi connectivity index (χ2n) is 6.04. The molecule has 0 aliphatic heterocycles. The second-order valence-corrected chi connectivity index (χ2v) is 7.93. The maximum absolute atomic E-state index is 13.2. The fourth-order valence-electron chi connectivity index (χ4n) is 3.04. The molecule has 4 rings (SSSR count). The third kappa shape index (κ3) is 2.95. The molecule has 0 saturated heterocycles. The number of hydrogen-bond donors (Lipinski definition) is 0. The summed E-state index contributed by atoms with van der Waals surface area (Å²) in [5.41, 5.74) is -1.91. The molecule has 0 radical (unpaired) electrons. The van der Waals surface area contributed by atoms with Crippen LogP contribution in [0.3, 0.4) is 0 Å². The minimum Gasteiger partial charge on any atom is -0.496 e. The van der Waals surface area contributed by atoms with Crippen LogP contribution in [0.2, 0.25) is 0 Å². The van der Waals surface area contributed by atoms with E-state index in [-0.39, 0.29) is 21.9 Å². The van der Waals surface area contributed by atoms with E-state index in [1.54, 1.807) is 24.3 Å². The molecule has 4 aromatic rings. The fourth-order valence-corrected chi connectivity index (χ4v) is 4.34. The highest BCUT2D eigenvalue weighted by molar-refractivity contribution is 7.91. The number of rotatable bonds is 4. The van der Waals surface area contributed by atoms with Crippen LogP contribution in [0.25, 0.3) is 21.9 Å². The Balaban J connectivity index is 2.03. The SMILES string of the molecule is COc1cccc2oc(=O)c(S(=O)(=O)c3cc4c(OC)cccc4oc3=O)cc12. The van der Waals surface area contributed by atoms with Crippen molar-refractivity contribution in [1.29, 1.82) is 0 Å². The molecule has 0 spiro atoms. The zero-order valence-corrected chi connectivity index (χ0v) is 16.1. The van der Waals surface area contributed by atoms with Crippen molar-refractivity contribution in [2.24, 2.45) is 0 Å². The summed E-state index contributed by atoms with van der Waals surface area (Å²) in [6.45, 7) is 0. The van der Waals surface area contributed by atoms with Crippen molar-refractivity contribution in [3.63, 3.8) is 0 Å². The van der Waals surface area contributed by atoms with Crippen molar-refractivity contribution in [1.82, 2.24) is 0 Å². The molecule has 2 aromatic carbocycles. The Bertz CT molecular complexity index is 1370. The maximum Gasteiger partial charge on any atom is 0.355 e. The highest BCUT2D eigenvalue weighted by Gasteiger charge is 2.28. The van der Waals surface area contributed by atoms with E-state index in [4.69, 9.17) is 18.3 Å². The van der Waals surface area contributed by atoms with Crippen molar-refractivity contribution in [3.8, 4) is 11.5 Å². The summed E-state index contributed by atoms with van der Waals surface area (Å²) in [4.78, 5) is 23.4. The predicted molar refractivity (Wildman–Crippen MR) is 104 cm³/mol. The van der Waals surface area contributed by atoms with E-state index in [9.17, 15) is 18.0 Å². The largest absolute Gasteiger partial charge is 0.496 e. The number of methoxy groups -OCH3 is 2. The summed E-state index contributed by atoms with van der Waals surface area (Å²) in [5, 5.41) is 0.548. The van der Waals surface area contributed by atoms with Gasteiger partial charge < -0.3 is 18.3 Å². The molecule has 0 aliphatic carbocycles. The first-order chi connectivity index (χ1) is 13.9. The van der Waals surface area contributed by atoms with Crippen molar-refractivity contribution in [3.05, 3.63) is 69.4 Å². The van der Waals surface area contributed by atoms with Crippen LogP contribution in [0.1, 0.15) is 0 Å². The molecule has 9 heteroatoms. The minimum absolute atomic E-state index is 0.153. The van der Waals surface area contributed by atoms with Gasteiger partial charge in [0.05, 0.1) is 25.0 Å². The average Bonchev–Trinajstić information content (AvgIpc) is 2.71. The van der Waals surface area contributed by atoms with Crippen LogP contribution in [-0.2, 0) is 9.84 Å². The molecule has 2 heterocycles. The van der Waals surface area contributed by atoms with Crippen LogP contribution >= 0.6 is 0 Å². The maximum atomic E-state index is 13.2. The summed E-state index contributed by atoms with van der Waals surface area (Å²) in [5.74, 6) is 0.629. The lowest BCUT2D eigenvalue weighted by Crippen LogP contribution is -2.20. The molecule has 29 heavy (non-hydrogen) atoms. The van der Waals surface area contributed by atoms with E-state index in [0.717, 1.165) is 12.1 Å². The van der Waals surface area contributed by atoms with E-state index in [0.29, 0.717) is 11.5 Å². The highest BCUT2D eigenvalue weighted by atomic mass is 32.2. The minimum atomic E-state index is -4.56. The van der Waals surface area contributed by atoms with Gasteiger partial charge in [-0.1, -0.05) is 12.1 Å². The molecule has 0 aliphatic rings. The van der Waals surface area contributed by atoms with E-state index in [2.05, 4.69) is 0 Å². The molecule has 0 amide bonds. The number of hydrogen-bond acceptors (Lipinski definition) is 8. The number of benzene rings is 2. The zero-order chi connectivity index (χ0) is 20.8. The summed E-state index contributed by atoms with van der Waals surface area (Å²) in [6, 6.07) is 11.6. The lowest BCUT2D eigenvalue weighted by Gasteiger charge is -2.08. The van der Waals surface area contributed by atoms with Crippen molar-refractivity contribution < 1.29 is 26.7 Å². The molecular formula is C20H14O8S. The van der Waals surface area contributed by atoms with Crippen molar-refractivity contribution in [2.45, 2.75) is 9.79 Å². The smallest absolute Gasteiger partial charge is 0.355 e. The van der Waals surface area contributed by atoms with Gasteiger partial charge in [-0.3, -0.25) is 0 Å². The Morgan fingerprint density at radius 3 is 1.52 bits per heavy atom. The van der Waals surface area contributed by atoms with E-state index in [1.807, 2.05) is 0 Å². The summed E-state index contributed by atoms with van der Waals surface area (Å²) in [7, 11) is -1.75. The van der Waals surface area contributed by atoms with Gasteiger partial charge in [0.2, 0.25) is 9.84 Å². The number of ether oxygens (including phenoxy) is 2. The second kappa shape index (κ2) is 6.78. The molecule has 0 fully saturated rings. The van der Waals surface area contributed by atoms with Gasteiger partial charge in [-0.05, 0) is 36.4 Å². The lowest BCUT2D eigenvalue weighted by atomic mass is 10.2. The first-order valence-electron chi connectivity index (χ1n) is 8.33. The van der Waals surface area contributed by atoms with E-state index < -0.39 is 30.9 Å². The number of fused-ring (bicyclic) bond motifs is 2. The van der Waals surface area contributed by atoms with Gasteiger partial charge in [-0.2, -0.15) is 0 Å². The van der Waals surface area contributed by atoms with Gasteiger partial charge >= 0.3 is 11.3 Å². The van der Waals surface area contributed by atoms with Crippen molar-refractivity contribution in [2.75, 3.05) is 14.2 Å². The van der Waals surface area contributed by atoms with Gasteiger partial charge in [-0.15, -0.1) is 0 Å². The third-order valence-electron chi connectivity index (χ3n) is 4.43. The Hall–Kier alpha value is -3.59. The Labute approximate surface area is 163 Å². The normalized spacial score (nSPS) is 11.7. The van der Waals surface area contributed by atoms with Gasteiger partial charge in [-0.25, -0.2) is 18.0 Å². The summed E-state index contributed by atoms with van der Waals surface area (Å²) < 4.78 is 47.0. The van der Waals surface area contributed by atoms with Gasteiger partial charge in [0, 0.05) is 0 Å². The molecular weight excluding hydrogens is 400 g/mol. The first-order valence-corrected chi connectivity index (χ1v) is 9.82. The topological polar surface area (TPSA) is 113 Å². The van der Waals surface area contributed by atoms with Crippen LogP contribution in [0.15, 0.2) is 76.7 Å². The molecule has 0 unspecified atom stereocenters. The average molecular weight is 414 g/mol. The van der Waals surface area contributed by atoms with Crippen LogP contribution in [0.4, 0.5) is 0 Å². The van der Waals surface area contributed by atoms with E-state index in [1.165, 1.54) is 26.4 Å². The molecule has 8 nitrogen and oxygen atoms in total. The third-order valence-corrected chi connectivity index (χ3v) is 6.16. The predicted octanol–water partition coefficient (Wildman–Crippen LogP) is 2.75. The Morgan fingerprint density at radius 1 is 0.724 bits per heavy atom. The highest BCUT2D eigenvalue weighted by Crippen LogP contribution is 2.30. The zero-order valence-electron chi connectivity index (χ0n) is 15.3. The lowest BCUT2D eigenvalue weighted by molar-refractivity contribution is 0.418. The van der Waals surface area contributed by atoms with Crippen LogP contribution < -0.4 is 20.7 Å². The van der Waals surface area contributed by atoms with Crippen LogP contribution in [-0.4, -0.2) is 22.6 Å². The molecule has 148 valence electrons. The monoisotopic (exact) mass is 414 g/mol.